The molecule has 47 heavy (non-hydrogen) atoms. The molecule has 0 bridgehead atoms. The first-order valence-corrected chi connectivity index (χ1v) is 15.5. The summed E-state index contributed by atoms with van der Waals surface area (Å²) in [7, 11) is 0. The summed E-state index contributed by atoms with van der Waals surface area (Å²) in [5.41, 5.74) is 1.54. The molecule has 13 atom stereocenters. The van der Waals surface area contributed by atoms with Crippen LogP contribution in [0, 0.1) is 11.8 Å². The Balaban J connectivity index is 1.01. The Labute approximate surface area is 267 Å². The van der Waals surface area contributed by atoms with Crippen molar-refractivity contribution >= 4 is 0 Å². The van der Waals surface area contributed by atoms with Crippen LogP contribution in [0.4, 0.5) is 0 Å². The van der Waals surface area contributed by atoms with Crippen molar-refractivity contribution in [1.82, 2.24) is 0 Å². The number of rotatable bonds is 7. The molecule has 4 fully saturated rings. The molecule has 0 unspecified atom stereocenters. The maximum absolute atomic E-state index is 10.9. The van der Waals surface area contributed by atoms with E-state index in [0.29, 0.717) is 41.8 Å². The van der Waals surface area contributed by atoms with E-state index in [-0.39, 0.29) is 43.9 Å². The molecule has 16 heteroatoms. The Bertz CT molecular complexity index is 1460. The molecule has 2 aromatic rings. The molecular weight excluding hydrogens is 628 g/mol. The van der Waals surface area contributed by atoms with Crippen LogP contribution in [-0.2, 0) is 23.7 Å². The van der Waals surface area contributed by atoms with E-state index in [1.54, 1.807) is 12.1 Å². The van der Waals surface area contributed by atoms with E-state index in [4.69, 9.17) is 47.4 Å². The summed E-state index contributed by atoms with van der Waals surface area (Å²) in [6.07, 6.45) is -14.1. The van der Waals surface area contributed by atoms with Gasteiger partial charge in [-0.3, -0.25) is 0 Å². The first-order chi connectivity index (χ1) is 22.8. The van der Waals surface area contributed by atoms with Crippen LogP contribution in [0.3, 0.4) is 0 Å². The lowest BCUT2D eigenvalue weighted by Gasteiger charge is -2.41. The molecule has 4 saturated heterocycles. The van der Waals surface area contributed by atoms with Gasteiger partial charge < -0.3 is 78.0 Å². The monoisotopic (exact) mass is 664 g/mol. The van der Waals surface area contributed by atoms with E-state index in [2.05, 4.69) is 0 Å². The molecule has 0 saturated carbocycles. The van der Waals surface area contributed by atoms with Crippen molar-refractivity contribution in [3.63, 3.8) is 0 Å². The fourth-order valence-electron chi connectivity index (χ4n) is 6.96. The van der Waals surface area contributed by atoms with E-state index in [9.17, 15) is 30.6 Å². The molecule has 0 amide bonds. The molecule has 6 aliphatic rings. The molecule has 0 aliphatic carbocycles. The van der Waals surface area contributed by atoms with Crippen molar-refractivity contribution in [2.24, 2.45) is 11.8 Å². The van der Waals surface area contributed by atoms with Crippen LogP contribution in [0.15, 0.2) is 30.3 Å². The number of aliphatic hydroxyl groups excluding tert-OH is 6. The molecule has 16 nitrogen and oxygen atoms in total. The number of hydrogen-bond donors (Lipinski definition) is 6. The highest BCUT2D eigenvalue weighted by Gasteiger charge is 2.51. The second-order valence-corrected chi connectivity index (χ2v) is 12.4. The Morgan fingerprint density at radius 1 is 0.617 bits per heavy atom. The van der Waals surface area contributed by atoms with Gasteiger partial charge in [-0.1, -0.05) is 6.07 Å². The van der Waals surface area contributed by atoms with Gasteiger partial charge in [0.2, 0.25) is 19.9 Å². The van der Waals surface area contributed by atoms with Crippen LogP contribution >= 0.6 is 0 Å². The fraction of sp³-hybridized carbons (Fsp3) is 0.613. The van der Waals surface area contributed by atoms with E-state index in [0.717, 1.165) is 5.56 Å². The zero-order valence-electron chi connectivity index (χ0n) is 24.9. The maximum atomic E-state index is 10.9. The van der Waals surface area contributed by atoms with Gasteiger partial charge in [-0.2, -0.15) is 0 Å². The Morgan fingerprint density at radius 3 is 2.06 bits per heavy atom. The van der Waals surface area contributed by atoms with Gasteiger partial charge in [-0.25, -0.2) is 0 Å². The highest BCUT2D eigenvalue weighted by atomic mass is 16.7. The van der Waals surface area contributed by atoms with Gasteiger partial charge in [0.25, 0.3) is 0 Å². The van der Waals surface area contributed by atoms with E-state index in [1.165, 1.54) is 0 Å². The number of aliphatic hydroxyl groups is 6. The third-order valence-electron chi connectivity index (χ3n) is 9.59. The van der Waals surface area contributed by atoms with Crippen molar-refractivity contribution in [1.29, 1.82) is 0 Å². The van der Waals surface area contributed by atoms with Crippen molar-refractivity contribution < 1.29 is 78.0 Å². The summed E-state index contributed by atoms with van der Waals surface area (Å²) in [5.74, 6) is 2.40. The molecule has 0 radical (unpaired) electrons. The van der Waals surface area contributed by atoms with E-state index >= 15 is 0 Å². The SMILES string of the molecule is O[C@@H]1[C@@H](O)[C@H](Oc2cc3c(cc2[C@@H]2OC[C@H]4[C@@H]2CO[C@@H]4c2ccc4c(c2)OCO4)OCO3)O[C@H](CO[C@@H]2OC[C@@H](O)[C@H](O)[C@H]2O)[C@H]1O. The first-order valence-electron chi connectivity index (χ1n) is 15.5. The highest BCUT2D eigenvalue weighted by molar-refractivity contribution is 5.53. The minimum absolute atomic E-state index is 0.00120. The van der Waals surface area contributed by atoms with Crippen LogP contribution in [0.2, 0.25) is 0 Å². The average molecular weight is 665 g/mol. The molecule has 6 N–H and O–H groups in total. The lowest BCUT2D eigenvalue weighted by atomic mass is 9.84. The van der Waals surface area contributed by atoms with Gasteiger partial charge >= 0.3 is 0 Å². The van der Waals surface area contributed by atoms with Crippen LogP contribution in [0.5, 0.6) is 28.7 Å². The van der Waals surface area contributed by atoms with E-state index < -0.39 is 68.0 Å². The summed E-state index contributed by atoms with van der Waals surface area (Å²) in [4.78, 5) is 0. The highest BCUT2D eigenvalue weighted by Crippen LogP contribution is 2.54. The fourth-order valence-corrected chi connectivity index (χ4v) is 6.96. The lowest BCUT2D eigenvalue weighted by molar-refractivity contribution is -0.307. The quantitative estimate of drug-likeness (QED) is 0.206. The Kier molecular flexibility index (Phi) is 8.30. The molecule has 0 aromatic heterocycles. The zero-order chi connectivity index (χ0) is 32.4. The summed E-state index contributed by atoms with van der Waals surface area (Å²) in [5, 5.41) is 62.1. The maximum Gasteiger partial charge on any atom is 0.231 e. The van der Waals surface area contributed by atoms with Crippen molar-refractivity contribution in [3.05, 3.63) is 41.5 Å². The van der Waals surface area contributed by atoms with E-state index in [1.807, 2.05) is 18.2 Å². The third-order valence-corrected chi connectivity index (χ3v) is 9.59. The predicted octanol–water partition coefficient (Wildman–Crippen LogP) is -1.14. The van der Waals surface area contributed by atoms with Crippen molar-refractivity contribution in [2.75, 3.05) is 40.0 Å². The molecule has 6 heterocycles. The lowest BCUT2D eigenvalue weighted by Crippen LogP contribution is -2.61. The number of benzene rings is 2. The second kappa shape index (κ2) is 12.5. The molecule has 0 spiro atoms. The van der Waals surface area contributed by atoms with Crippen molar-refractivity contribution in [3.8, 4) is 28.7 Å². The Hall–Kier alpha value is -3.00. The minimum atomic E-state index is -1.69. The summed E-state index contributed by atoms with van der Waals surface area (Å²) in [6.45, 7) is 0.261. The number of hydrogen-bond acceptors (Lipinski definition) is 16. The van der Waals surface area contributed by atoms with Crippen LogP contribution in [0.25, 0.3) is 0 Å². The summed E-state index contributed by atoms with van der Waals surface area (Å²) < 4.78 is 57.7. The van der Waals surface area contributed by atoms with Gasteiger partial charge in [-0.15, -0.1) is 0 Å². The third kappa shape index (κ3) is 5.56. The topological polar surface area (TPSA) is 214 Å². The normalized spacial score (nSPS) is 40.4. The van der Waals surface area contributed by atoms with Gasteiger partial charge in [0, 0.05) is 23.5 Å². The zero-order valence-corrected chi connectivity index (χ0v) is 24.9. The molecule has 2 aromatic carbocycles. The second-order valence-electron chi connectivity index (χ2n) is 12.4. The van der Waals surface area contributed by atoms with Crippen LogP contribution < -0.4 is 23.7 Å². The van der Waals surface area contributed by atoms with Crippen LogP contribution in [0.1, 0.15) is 23.3 Å². The number of fused-ring (bicyclic) bond motifs is 3. The summed E-state index contributed by atoms with van der Waals surface area (Å²) >= 11 is 0. The summed E-state index contributed by atoms with van der Waals surface area (Å²) in [6, 6.07) is 9.09. The van der Waals surface area contributed by atoms with Crippen LogP contribution in [-0.4, -0.2) is 126 Å². The Morgan fingerprint density at radius 2 is 1.28 bits per heavy atom. The predicted molar refractivity (Wildman–Crippen MR) is 151 cm³/mol. The average Bonchev–Trinajstić information content (AvgIpc) is 3.88. The molecule has 8 rings (SSSR count). The first kappa shape index (κ1) is 31.3. The number of ether oxygens (including phenoxy) is 10. The molecule has 6 aliphatic heterocycles. The largest absolute Gasteiger partial charge is 0.461 e. The standard InChI is InChI=1S/C31H36O16/c32-16-8-40-30(26(36)23(16)33)41-9-22-24(34)25(35)27(37)31(47-22)46-18-5-21-20(44-11-45-21)4-13(18)29-15-7-38-28(14(15)6-39-29)12-1-2-17-19(3-12)43-10-42-17/h1-5,14-16,22-37H,6-11H2/t14-,15-,16+,22+,23-,24+,25-,26+,27+,28+,29-,30-,31+/m0/s1. The van der Waals surface area contributed by atoms with Gasteiger partial charge in [0.05, 0.1) is 38.6 Å². The smallest absolute Gasteiger partial charge is 0.231 e. The van der Waals surface area contributed by atoms with Gasteiger partial charge in [-0.05, 0) is 23.8 Å². The van der Waals surface area contributed by atoms with Gasteiger partial charge in [0.1, 0.15) is 48.5 Å². The minimum Gasteiger partial charge on any atom is -0.461 e. The molecular formula is C31H36O16. The molecule has 256 valence electrons. The van der Waals surface area contributed by atoms with Crippen molar-refractivity contribution in [2.45, 2.75) is 67.5 Å². The van der Waals surface area contributed by atoms with Gasteiger partial charge in [0.15, 0.2) is 29.3 Å².